The fourth-order valence-corrected chi connectivity index (χ4v) is 5.35. The van der Waals surface area contributed by atoms with Crippen LogP contribution < -0.4 is 4.74 Å². The highest BCUT2D eigenvalue weighted by atomic mass is 16.5. The predicted molar refractivity (Wildman–Crippen MR) is 123 cm³/mol. The maximum atomic E-state index is 12.7. The Balaban J connectivity index is 1.37. The third-order valence-electron chi connectivity index (χ3n) is 7.15. The minimum absolute atomic E-state index is 0.0869. The summed E-state index contributed by atoms with van der Waals surface area (Å²) in [6.07, 6.45) is 13.2. The Bertz CT molecular complexity index is 954. The van der Waals surface area contributed by atoms with E-state index in [0.29, 0.717) is 11.3 Å². The van der Waals surface area contributed by atoms with Crippen LogP contribution in [-0.4, -0.2) is 5.97 Å². The first-order valence-electron chi connectivity index (χ1n) is 12.0. The molecular weight excluding hydrogens is 382 g/mol. The second-order valence-corrected chi connectivity index (χ2v) is 9.30. The van der Waals surface area contributed by atoms with Crippen LogP contribution in [0.2, 0.25) is 0 Å². The lowest BCUT2D eigenvalue weighted by Crippen LogP contribution is -2.28. The fraction of sp³-hybridized carbons (Fsp3) is 0.500. The Hall–Kier alpha value is -2.60. The van der Waals surface area contributed by atoms with Gasteiger partial charge >= 0.3 is 5.97 Å². The Morgan fingerprint density at radius 2 is 1.68 bits per heavy atom. The summed E-state index contributed by atoms with van der Waals surface area (Å²) in [6, 6.07) is 13.4. The fourth-order valence-electron chi connectivity index (χ4n) is 5.35. The normalized spacial score (nSPS) is 19.7. The average Bonchev–Trinajstić information content (AvgIpc) is 2.81. The molecule has 31 heavy (non-hydrogen) atoms. The molecule has 0 fully saturated rings. The Labute approximate surface area is 186 Å². The van der Waals surface area contributed by atoms with Gasteiger partial charge in [-0.15, -0.1) is 0 Å². The summed E-state index contributed by atoms with van der Waals surface area (Å²) in [7, 11) is 0. The number of nitrogens with zero attached hydrogens (tertiary/aromatic N) is 1. The first kappa shape index (κ1) is 21.6. The summed E-state index contributed by atoms with van der Waals surface area (Å²) in [6.45, 7) is 2.28. The molecule has 0 saturated carbocycles. The van der Waals surface area contributed by atoms with Gasteiger partial charge in [-0.2, -0.15) is 5.26 Å². The Morgan fingerprint density at radius 1 is 0.968 bits per heavy atom. The summed E-state index contributed by atoms with van der Waals surface area (Å²) in [5.74, 6) is 1.13. The lowest BCUT2D eigenvalue weighted by Gasteiger charge is -2.31. The van der Waals surface area contributed by atoms with Crippen LogP contribution in [0.3, 0.4) is 0 Å². The number of hydrogen-bond acceptors (Lipinski definition) is 3. The smallest absolute Gasteiger partial charge is 0.314 e. The van der Waals surface area contributed by atoms with Gasteiger partial charge in [0.25, 0.3) is 0 Å². The quantitative estimate of drug-likeness (QED) is 0.301. The van der Waals surface area contributed by atoms with Crippen molar-refractivity contribution in [3.63, 3.8) is 0 Å². The van der Waals surface area contributed by atoms with Crippen molar-refractivity contribution in [2.45, 2.75) is 77.6 Å². The number of carbonyl (C=O) groups is 1. The number of rotatable bonds is 7. The molecule has 2 aliphatic rings. The maximum Gasteiger partial charge on any atom is 0.314 e. The van der Waals surface area contributed by atoms with Gasteiger partial charge in [-0.1, -0.05) is 51.2 Å². The number of hydrogen-bond donors (Lipinski definition) is 0. The van der Waals surface area contributed by atoms with Crippen LogP contribution in [0.5, 0.6) is 5.75 Å². The molecule has 0 unspecified atom stereocenters. The van der Waals surface area contributed by atoms with Crippen LogP contribution in [0.15, 0.2) is 36.4 Å². The van der Waals surface area contributed by atoms with Crippen molar-refractivity contribution in [3.05, 3.63) is 64.2 Å². The average molecular weight is 416 g/mol. The summed E-state index contributed by atoms with van der Waals surface area (Å²) >= 11 is 0. The zero-order chi connectivity index (χ0) is 21.6. The van der Waals surface area contributed by atoms with E-state index in [0.717, 1.165) is 25.2 Å². The number of fused-ring (bicyclic) bond motifs is 3. The maximum absolute atomic E-state index is 12.7. The molecule has 0 N–H and O–H groups in total. The third kappa shape index (κ3) is 5.18. The minimum atomic E-state index is -0.153. The number of benzene rings is 2. The van der Waals surface area contributed by atoms with E-state index < -0.39 is 0 Å². The van der Waals surface area contributed by atoms with Gasteiger partial charge < -0.3 is 4.74 Å². The number of unbranched alkanes of at least 4 members (excludes halogenated alkanes) is 3. The standard InChI is InChI=1S/C28H33NO2/c1-2-3-4-5-6-20-9-15-26-22(17-20)10-11-23-18-24(12-16-27(23)26)28(30)31-25-13-7-21(19-29)8-14-25/h7-8,10-11,13-14,20,24H,2-6,9,12,15-18H2,1H3/t20-,24-/m0/s1. The molecule has 2 aromatic rings. The van der Waals surface area contributed by atoms with Crippen molar-refractivity contribution < 1.29 is 9.53 Å². The molecule has 162 valence electrons. The third-order valence-corrected chi connectivity index (χ3v) is 7.15. The van der Waals surface area contributed by atoms with Crippen LogP contribution in [0.1, 0.15) is 79.7 Å². The van der Waals surface area contributed by atoms with Crippen LogP contribution in [0.25, 0.3) is 0 Å². The molecule has 2 aliphatic carbocycles. The summed E-state index contributed by atoms with van der Waals surface area (Å²) < 4.78 is 5.60. The Morgan fingerprint density at radius 3 is 2.39 bits per heavy atom. The van der Waals surface area contributed by atoms with Crippen LogP contribution in [-0.2, 0) is 30.5 Å². The minimum Gasteiger partial charge on any atom is -0.426 e. The van der Waals surface area contributed by atoms with Crippen LogP contribution >= 0.6 is 0 Å². The highest BCUT2D eigenvalue weighted by Gasteiger charge is 2.30. The molecule has 4 rings (SSSR count). The molecule has 0 bridgehead atoms. The van der Waals surface area contributed by atoms with Crippen LogP contribution in [0.4, 0.5) is 0 Å². The van der Waals surface area contributed by atoms with E-state index in [-0.39, 0.29) is 11.9 Å². The molecule has 0 aliphatic heterocycles. The van der Waals surface area contributed by atoms with Gasteiger partial charge in [0.05, 0.1) is 17.6 Å². The molecular formula is C28H33NO2. The van der Waals surface area contributed by atoms with Gasteiger partial charge in [-0.05, 0) is 91.0 Å². The number of carbonyl (C=O) groups excluding carboxylic acids is 1. The molecule has 2 atom stereocenters. The predicted octanol–water partition coefficient (Wildman–Crippen LogP) is 6.34. The summed E-state index contributed by atoms with van der Waals surface area (Å²) in [5, 5.41) is 8.91. The summed E-state index contributed by atoms with van der Waals surface area (Å²) in [4.78, 5) is 12.7. The van der Waals surface area contributed by atoms with Crippen molar-refractivity contribution in [1.82, 2.24) is 0 Å². The van der Waals surface area contributed by atoms with Gasteiger partial charge in [0, 0.05) is 0 Å². The zero-order valence-electron chi connectivity index (χ0n) is 18.7. The Kier molecular flexibility index (Phi) is 7.07. The lowest BCUT2D eigenvalue weighted by molar-refractivity contribution is -0.139. The monoisotopic (exact) mass is 415 g/mol. The van der Waals surface area contributed by atoms with Crippen molar-refractivity contribution >= 4 is 5.97 Å². The summed E-state index contributed by atoms with van der Waals surface area (Å²) in [5.41, 5.74) is 6.57. The van der Waals surface area contributed by atoms with Gasteiger partial charge in [0.2, 0.25) is 0 Å². The first-order chi connectivity index (χ1) is 15.2. The van der Waals surface area contributed by atoms with E-state index in [4.69, 9.17) is 10.00 Å². The SMILES string of the molecule is CCCCCC[C@H]1CCc2c(ccc3c2CC[C@H](C(=O)Oc2ccc(C#N)cc2)C3)C1. The van der Waals surface area contributed by atoms with Gasteiger partial charge in [-0.3, -0.25) is 4.79 Å². The van der Waals surface area contributed by atoms with Gasteiger partial charge in [0.1, 0.15) is 5.75 Å². The van der Waals surface area contributed by atoms with E-state index in [2.05, 4.69) is 25.1 Å². The van der Waals surface area contributed by atoms with Crippen molar-refractivity contribution in [3.8, 4) is 11.8 Å². The molecule has 3 nitrogen and oxygen atoms in total. The molecule has 2 aromatic carbocycles. The first-order valence-corrected chi connectivity index (χ1v) is 12.0. The van der Waals surface area contributed by atoms with E-state index in [1.807, 2.05) is 0 Å². The highest BCUT2D eigenvalue weighted by molar-refractivity contribution is 5.76. The molecule has 0 spiro atoms. The number of esters is 1. The zero-order valence-corrected chi connectivity index (χ0v) is 18.7. The number of ether oxygens (including phenoxy) is 1. The number of nitriles is 1. The van der Waals surface area contributed by atoms with Crippen LogP contribution in [0, 0.1) is 23.2 Å². The van der Waals surface area contributed by atoms with E-state index in [1.165, 1.54) is 62.5 Å². The van der Waals surface area contributed by atoms with Crippen molar-refractivity contribution in [1.29, 1.82) is 5.26 Å². The molecule has 3 heteroatoms. The lowest BCUT2D eigenvalue weighted by atomic mass is 9.74. The second kappa shape index (κ2) is 10.1. The van der Waals surface area contributed by atoms with Gasteiger partial charge in [0.15, 0.2) is 0 Å². The molecule has 0 aromatic heterocycles. The second-order valence-electron chi connectivity index (χ2n) is 9.30. The van der Waals surface area contributed by atoms with Crippen molar-refractivity contribution in [2.24, 2.45) is 11.8 Å². The molecule has 0 heterocycles. The highest BCUT2D eigenvalue weighted by Crippen LogP contribution is 2.36. The molecule has 0 saturated heterocycles. The van der Waals surface area contributed by atoms with E-state index in [9.17, 15) is 4.79 Å². The van der Waals surface area contributed by atoms with Gasteiger partial charge in [-0.25, -0.2) is 0 Å². The van der Waals surface area contributed by atoms with E-state index >= 15 is 0 Å². The van der Waals surface area contributed by atoms with Crippen molar-refractivity contribution in [2.75, 3.05) is 0 Å². The largest absolute Gasteiger partial charge is 0.426 e. The molecule has 0 radical (unpaired) electrons. The van der Waals surface area contributed by atoms with E-state index in [1.54, 1.807) is 35.4 Å². The molecule has 0 amide bonds. The topological polar surface area (TPSA) is 50.1 Å².